The van der Waals surface area contributed by atoms with E-state index in [0.29, 0.717) is 12.4 Å². The van der Waals surface area contributed by atoms with Gasteiger partial charge in [0.2, 0.25) is 0 Å². The number of ether oxygens (including phenoxy) is 5. The van der Waals surface area contributed by atoms with E-state index in [1.807, 2.05) is 55.5 Å². The summed E-state index contributed by atoms with van der Waals surface area (Å²) < 4.78 is 27.0. The van der Waals surface area contributed by atoms with E-state index >= 15 is 0 Å². The molecular formula is C24H30O5. The monoisotopic (exact) mass is 398 g/mol. The summed E-state index contributed by atoms with van der Waals surface area (Å²) in [7, 11) is 6.52. The van der Waals surface area contributed by atoms with Crippen molar-refractivity contribution in [2.75, 3.05) is 35.0 Å². The van der Waals surface area contributed by atoms with Crippen molar-refractivity contribution in [1.29, 1.82) is 0 Å². The summed E-state index contributed by atoms with van der Waals surface area (Å²) in [5.74, 6) is 2.88. The molecule has 1 unspecified atom stereocenters. The first-order chi connectivity index (χ1) is 14.1. The Hall–Kier alpha value is -2.92. The van der Waals surface area contributed by atoms with E-state index in [-0.39, 0.29) is 6.10 Å². The lowest BCUT2D eigenvalue weighted by molar-refractivity contribution is 0.102. The molecule has 0 amide bonds. The van der Waals surface area contributed by atoms with Crippen molar-refractivity contribution < 1.29 is 23.7 Å². The maximum atomic E-state index is 5.85. The van der Waals surface area contributed by atoms with Crippen LogP contribution in [0.25, 0.3) is 12.2 Å². The van der Waals surface area contributed by atoms with E-state index in [9.17, 15) is 0 Å². The van der Waals surface area contributed by atoms with Gasteiger partial charge in [0.15, 0.2) is 23.0 Å². The highest BCUT2D eigenvalue weighted by atomic mass is 16.5. The zero-order chi connectivity index (χ0) is 21.1. The fourth-order valence-electron chi connectivity index (χ4n) is 2.76. The summed E-state index contributed by atoms with van der Waals surface area (Å²) in [6.45, 7) is 2.66. The van der Waals surface area contributed by atoms with Crippen molar-refractivity contribution in [3.05, 3.63) is 59.7 Å². The Labute approximate surface area is 173 Å². The summed E-state index contributed by atoms with van der Waals surface area (Å²) in [6, 6.07) is 11.7. The molecule has 0 radical (unpaired) electrons. The van der Waals surface area contributed by atoms with Crippen molar-refractivity contribution in [2.45, 2.75) is 19.4 Å². The first kappa shape index (κ1) is 22.4. The molecule has 2 aromatic carbocycles. The molecule has 0 heterocycles. The Bertz CT molecular complexity index is 826. The third-order valence-corrected chi connectivity index (χ3v) is 4.35. The van der Waals surface area contributed by atoms with Gasteiger partial charge in [-0.25, -0.2) is 0 Å². The standard InChI is InChI=1S/C24H30O5/c1-18(9-10-20-12-14-22(26-3)24(17-20)28-5)29-15-7-6-8-19-11-13-21(25-2)23(16-19)27-4/h6,8-14,16-18H,7,15H2,1-5H3. The average molecular weight is 398 g/mol. The molecule has 1 atom stereocenters. The molecule has 0 fully saturated rings. The summed E-state index contributed by atoms with van der Waals surface area (Å²) >= 11 is 0. The Morgan fingerprint density at radius 1 is 0.724 bits per heavy atom. The van der Waals surface area contributed by atoms with Crippen molar-refractivity contribution in [3.8, 4) is 23.0 Å². The maximum Gasteiger partial charge on any atom is 0.161 e. The van der Waals surface area contributed by atoms with E-state index in [4.69, 9.17) is 23.7 Å². The second-order valence-electron chi connectivity index (χ2n) is 6.35. The van der Waals surface area contributed by atoms with Crippen LogP contribution in [0.15, 0.2) is 48.6 Å². The smallest absolute Gasteiger partial charge is 0.161 e. The zero-order valence-corrected chi connectivity index (χ0v) is 17.8. The van der Waals surface area contributed by atoms with Gasteiger partial charge in [0.25, 0.3) is 0 Å². The molecule has 0 aromatic heterocycles. The third-order valence-electron chi connectivity index (χ3n) is 4.35. The van der Waals surface area contributed by atoms with Crippen LogP contribution in [0, 0.1) is 0 Å². The van der Waals surface area contributed by atoms with E-state index in [1.165, 1.54) is 0 Å². The highest BCUT2D eigenvalue weighted by molar-refractivity contribution is 5.57. The van der Waals surface area contributed by atoms with Gasteiger partial charge in [0, 0.05) is 0 Å². The minimum atomic E-state index is 0.0116. The van der Waals surface area contributed by atoms with Crippen LogP contribution in [0.4, 0.5) is 0 Å². The Kier molecular flexibility index (Phi) is 9.12. The first-order valence-electron chi connectivity index (χ1n) is 9.51. The van der Waals surface area contributed by atoms with Gasteiger partial charge in [-0.05, 0) is 48.7 Å². The fraction of sp³-hybridized carbons (Fsp3) is 0.333. The lowest BCUT2D eigenvalue weighted by Crippen LogP contribution is -2.05. The van der Waals surface area contributed by atoms with Gasteiger partial charge < -0.3 is 23.7 Å². The maximum absolute atomic E-state index is 5.85. The normalized spacial score (nSPS) is 12.3. The van der Waals surface area contributed by atoms with Gasteiger partial charge in [-0.15, -0.1) is 0 Å². The topological polar surface area (TPSA) is 46.2 Å². The second-order valence-corrected chi connectivity index (χ2v) is 6.35. The van der Waals surface area contributed by atoms with Crippen LogP contribution in [0.3, 0.4) is 0 Å². The lowest BCUT2D eigenvalue weighted by atomic mass is 10.1. The van der Waals surface area contributed by atoms with Crippen molar-refractivity contribution in [1.82, 2.24) is 0 Å². The molecule has 0 aliphatic rings. The molecule has 0 aliphatic heterocycles. The molecule has 0 N–H and O–H groups in total. The van der Waals surface area contributed by atoms with Gasteiger partial charge in [-0.2, -0.15) is 0 Å². The molecule has 0 bridgehead atoms. The van der Waals surface area contributed by atoms with Gasteiger partial charge in [-0.3, -0.25) is 0 Å². The summed E-state index contributed by atoms with van der Waals surface area (Å²) in [5.41, 5.74) is 2.09. The molecule has 156 valence electrons. The highest BCUT2D eigenvalue weighted by Gasteiger charge is 2.04. The fourth-order valence-corrected chi connectivity index (χ4v) is 2.76. The van der Waals surface area contributed by atoms with Crippen molar-refractivity contribution in [2.24, 2.45) is 0 Å². The van der Waals surface area contributed by atoms with E-state index < -0.39 is 0 Å². The van der Waals surface area contributed by atoms with E-state index in [2.05, 4.69) is 12.2 Å². The molecule has 2 rings (SSSR count). The second kappa shape index (κ2) is 11.8. The number of benzene rings is 2. The predicted octanol–water partition coefficient (Wildman–Crippen LogP) is 5.24. The van der Waals surface area contributed by atoms with Crippen LogP contribution in [-0.4, -0.2) is 41.2 Å². The zero-order valence-electron chi connectivity index (χ0n) is 17.8. The van der Waals surface area contributed by atoms with Crippen LogP contribution in [-0.2, 0) is 4.74 Å². The number of methoxy groups -OCH3 is 4. The Balaban J connectivity index is 1.80. The highest BCUT2D eigenvalue weighted by Crippen LogP contribution is 2.29. The predicted molar refractivity (Wildman–Crippen MR) is 117 cm³/mol. The lowest BCUT2D eigenvalue weighted by Gasteiger charge is -2.09. The van der Waals surface area contributed by atoms with Crippen LogP contribution < -0.4 is 18.9 Å². The van der Waals surface area contributed by atoms with Crippen LogP contribution in [0.2, 0.25) is 0 Å². The summed E-state index contributed by atoms with van der Waals surface area (Å²) in [6.07, 6.45) is 9.02. The molecule has 0 saturated carbocycles. The molecule has 0 saturated heterocycles. The van der Waals surface area contributed by atoms with E-state index in [0.717, 1.165) is 34.8 Å². The van der Waals surface area contributed by atoms with Crippen LogP contribution in [0.1, 0.15) is 24.5 Å². The molecule has 2 aromatic rings. The molecule has 5 heteroatoms. The summed E-state index contributed by atoms with van der Waals surface area (Å²) in [5, 5.41) is 0. The third kappa shape index (κ3) is 6.88. The van der Waals surface area contributed by atoms with Crippen LogP contribution >= 0.6 is 0 Å². The molecule has 29 heavy (non-hydrogen) atoms. The SMILES string of the molecule is COc1ccc(C=CCCOC(C)C=Cc2ccc(OC)c(OC)c2)cc1OC. The van der Waals surface area contributed by atoms with Crippen LogP contribution in [0.5, 0.6) is 23.0 Å². The molecule has 5 nitrogen and oxygen atoms in total. The molecule has 0 spiro atoms. The van der Waals surface area contributed by atoms with Gasteiger partial charge in [-0.1, -0.05) is 36.4 Å². The van der Waals surface area contributed by atoms with Gasteiger partial charge >= 0.3 is 0 Å². The van der Waals surface area contributed by atoms with Gasteiger partial charge in [0.05, 0.1) is 41.2 Å². The minimum Gasteiger partial charge on any atom is -0.493 e. The Morgan fingerprint density at radius 2 is 1.24 bits per heavy atom. The Morgan fingerprint density at radius 3 is 1.76 bits per heavy atom. The quantitative estimate of drug-likeness (QED) is 0.484. The summed E-state index contributed by atoms with van der Waals surface area (Å²) in [4.78, 5) is 0. The van der Waals surface area contributed by atoms with Gasteiger partial charge in [0.1, 0.15) is 0 Å². The molecular weight excluding hydrogens is 368 g/mol. The number of hydrogen-bond donors (Lipinski definition) is 0. The minimum absolute atomic E-state index is 0.0116. The first-order valence-corrected chi connectivity index (χ1v) is 9.51. The average Bonchev–Trinajstić information content (AvgIpc) is 2.76. The van der Waals surface area contributed by atoms with E-state index in [1.54, 1.807) is 28.4 Å². The van der Waals surface area contributed by atoms with Crippen molar-refractivity contribution in [3.63, 3.8) is 0 Å². The number of rotatable bonds is 11. The largest absolute Gasteiger partial charge is 0.493 e. The molecule has 0 aliphatic carbocycles. The van der Waals surface area contributed by atoms with Crippen molar-refractivity contribution >= 4 is 12.2 Å². The number of hydrogen-bond acceptors (Lipinski definition) is 5.